The molecular formula is C21H14Cl2N2O3S. The van der Waals surface area contributed by atoms with Crippen LogP contribution in [-0.4, -0.2) is 18.2 Å². The molecule has 0 aliphatic carbocycles. The number of benzene rings is 2. The van der Waals surface area contributed by atoms with Gasteiger partial charge in [0.25, 0.3) is 5.91 Å². The zero-order valence-electron chi connectivity index (χ0n) is 15.1. The summed E-state index contributed by atoms with van der Waals surface area (Å²) in [7, 11) is 1.60. The second kappa shape index (κ2) is 8.37. The SMILES string of the molecule is COc1ccc(N=C2NC(=O)/C(=C/c3ccc(-c4cccc(Cl)c4Cl)o3)S2)cc1. The smallest absolute Gasteiger partial charge is 0.264 e. The third kappa shape index (κ3) is 4.34. The maximum Gasteiger partial charge on any atom is 0.264 e. The van der Waals surface area contributed by atoms with Crippen molar-refractivity contribution in [1.82, 2.24) is 5.32 Å². The summed E-state index contributed by atoms with van der Waals surface area (Å²) in [4.78, 5) is 17.2. The van der Waals surface area contributed by atoms with Crippen molar-refractivity contribution in [3.8, 4) is 17.1 Å². The van der Waals surface area contributed by atoms with Crippen molar-refractivity contribution in [3.63, 3.8) is 0 Å². The van der Waals surface area contributed by atoms with Crippen molar-refractivity contribution < 1.29 is 13.9 Å². The molecule has 1 N–H and O–H groups in total. The second-order valence-electron chi connectivity index (χ2n) is 5.98. The molecule has 1 aliphatic heterocycles. The van der Waals surface area contributed by atoms with E-state index >= 15 is 0 Å². The fourth-order valence-corrected chi connectivity index (χ4v) is 3.87. The Labute approximate surface area is 181 Å². The molecule has 4 rings (SSSR count). The van der Waals surface area contributed by atoms with E-state index in [2.05, 4.69) is 10.3 Å². The van der Waals surface area contributed by atoms with Crippen LogP contribution >= 0.6 is 35.0 Å². The van der Waals surface area contributed by atoms with Gasteiger partial charge < -0.3 is 14.5 Å². The minimum atomic E-state index is -0.235. The number of rotatable bonds is 4. The maximum atomic E-state index is 12.3. The quantitative estimate of drug-likeness (QED) is 0.489. The fourth-order valence-electron chi connectivity index (χ4n) is 2.65. The van der Waals surface area contributed by atoms with Crippen LogP contribution in [-0.2, 0) is 4.79 Å². The van der Waals surface area contributed by atoms with Crippen molar-refractivity contribution >= 4 is 57.8 Å². The lowest BCUT2D eigenvalue weighted by Gasteiger charge is -2.01. The van der Waals surface area contributed by atoms with Gasteiger partial charge in [-0.2, -0.15) is 0 Å². The summed E-state index contributed by atoms with van der Waals surface area (Å²) in [5, 5.41) is 4.12. The maximum absolute atomic E-state index is 12.3. The summed E-state index contributed by atoms with van der Waals surface area (Å²) in [5.41, 5.74) is 1.40. The zero-order chi connectivity index (χ0) is 20.4. The first-order valence-electron chi connectivity index (χ1n) is 8.51. The number of aliphatic imine (C=N–C) groups is 1. The van der Waals surface area contributed by atoms with Gasteiger partial charge in [0.05, 0.1) is 27.7 Å². The highest BCUT2D eigenvalue weighted by Gasteiger charge is 2.24. The normalized spacial score (nSPS) is 16.4. The molecule has 1 aromatic heterocycles. The summed E-state index contributed by atoms with van der Waals surface area (Å²) in [6.07, 6.45) is 1.67. The lowest BCUT2D eigenvalue weighted by molar-refractivity contribution is -0.115. The number of nitrogens with one attached hydrogen (secondary N) is 1. The monoisotopic (exact) mass is 444 g/mol. The van der Waals surface area contributed by atoms with E-state index in [0.29, 0.717) is 42.9 Å². The second-order valence-corrected chi connectivity index (χ2v) is 7.80. The van der Waals surface area contributed by atoms with Crippen LogP contribution in [0.25, 0.3) is 17.4 Å². The van der Waals surface area contributed by atoms with Gasteiger partial charge in [-0.1, -0.05) is 29.3 Å². The lowest BCUT2D eigenvalue weighted by atomic mass is 10.2. The van der Waals surface area contributed by atoms with Crippen molar-refractivity contribution in [2.75, 3.05) is 7.11 Å². The number of methoxy groups -OCH3 is 1. The third-order valence-corrected chi connectivity index (χ3v) is 5.80. The minimum absolute atomic E-state index is 0.235. The van der Waals surface area contributed by atoms with Gasteiger partial charge in [-0.25, -0.2) is 4.99 Å². The first-order chi connectivity index (χ1) is 14.0. The van der Waals surface area contributed by atoms with Gasteiger partial charge >= 0.3 is 0 Å². The molecule has 2 heterocycles. The molecular weight excluding hydrogens is 431 g/mol. The Morgan fingerprint density at radius 3 is 2.66 bits per heavy atom. The molecule has 1 saturated heterocycles. The Hall–Kier alpha value is -2.67. The molecule has 5 nitrogen and oxygen atoms in total. The summed E-state index contributed by atoms with van der Waals surface area (Å²) < 4.78 is 11.0. The molecule has 0 unspecified atom stereocenters. The van der Waals surface area contributed by atoms with E-state index < -0.39 is 0 Å². The van der Waals surface area contributed by atoms with E-state index in [0.717, 1.165) is 5.75 Å². The van der Waals surface area contributed by atoms with Crippen LogP contribution in [0.3, 0.4) is 0 Å². The van der Waals surface area contributed by atoms with E-state index in [1.807, 2.05) is 30.3 Å². The Bertz CT molecular complexity index is 1140. The number of carbonyl (C=O) groups is 1. The molecule has 3 aromatic rings. The van der Waals surface area contributed by atoms with Crippen molar-refractivity contribution in [2.24, 2.45) is 4.99 Å². The minimum Gasteiger partial charge on any atom is -0.497 e. The first kappa shape index (κ1) is 19.6. The number of carbonyl (C=O) groups excluding carboxylic acids is 1. The summed E-state index contributed by atoms with van der Waals surface area (Å²) in [5.74, 6) is 1.60. The van der Waals surface area contributed by atoms with Crippen LogP contribution in [0.2, 0.25) is 10.0 Å². The van der Waals surface area contributed by atoms with Crippen LogP contribution in [0.5, 0.6) is 5.75 Å². The van der Waals surface area contributed by atoms with Crippen molar-refractivity contribution in [2.45, 2.75) is 0 Å². The Balaban J connectivity index is 1.54. The van der Waals surface area contributed by atoms with Gasteiger partial charge in [-0.3, -0.25) is 4.79 Å². The third-order valence-electron chi connectivity index (χ3n) is 4.07. The van der Waals surface area contributed by atoms with E-state index in [1.54, 1.807) is 37.5 Å². The molecule has 0 radical (unpaired) electrons. The molecule has 0 spiro atoms. The number of nitrogens with zero attached hydrogens (tertiary/aromatic N) is 1. The molecule has 0 bridgehead atoms. The van der Waals surface area contributed by atoms with Gasteiger partial charge in [0.1, 0.15) is 17.3 Å². The van der Waals surface area contributed by atoms with Crippen LogP contribution in [0.15, 0.2) is 68.9 Å². The zero-order valence-corrected chi connectivity index (χ0v) is 17.4. The van der Waals surface area contributed by atoms with Gasteiger partial charge in [0, 0.05) is 11.6 Å². The van der Waals surface area contributed by atoms with E-state index in [4.69, 9.17) is 32.4 Å². The van der Waals surface area contributed by atoms with Gasteiger partial charge in [0.2, 0.25) is 0 Å². The van der Waals surface area contributed by atoms with Gasteiger partial charge in [0.15, 0.2) is 5.17 Å². The van der Waals surface area contributed by atoms with Crippen LogP contribution in [0, 0.1) is 0 Å². The van der Waals surface area contributed by atoms with E-state index in [9.17, 15) is 4.79 Å². The molecule has 2 aromatic carbocycles. The van der Waals surface area contributed by atoms with Crippen LogP contribution < -0.4 is 10.1 Å². The standard InChI is InChI=1S/C21H14Cl2N2O3S/c1-27-13-7-5-12(6-8-13)24-21-25-20(26)18(29-21)11-14-9-10-17(28-14)15-3-2-4-16(22)19(15)23/h2-11H,1H3,(H,24,25,26)/b18-11-. The molecule has 146 valence electrons. The van der Waals surface area contributed by atoms with Crippen molar-refractivity contribution in [3.05, 3.63) is 75.3 Å². The molecule has 8 heteroatoms. The van der Waals surface area contributed by atoms with E-state index in [-0.39, 0.29) is 5.91 Å². The lowest BCUT2D eigenvalue weighted by Crippen LogP contribution is -2.19. The average Bonchev–Trinajstić information content (AvgIpc) is 3.31. The summed E-state index contributed by atoms with van der Waals surface area (Å²) in [6.45, 7) is 0. The van der Waals surface area contributed by atoms with Crippen LogP contribution in [0.4, 0.5) is 5.69 Å². The molecule has 0 atom stereocenters. The van der Waals surface area contributed by atoms with Gasteiger partial charge in [-0.05, 0) is 60.3 Å². The highest BCUT2D eigenvalue weighted by molar-refractivity contribution is 8.18. The number of ether oxygens (including phenoxy) is 1. The number of furan rings is 1. The predicted octanol–water partition coefficient (Wildman–Crippen LogP) is 6.15. The average molecular weight is 445 g/mol. The number of hydrogen-bond acceptors (Lipinski definition) is 5. The Morgan fingerprint density at radius 2 is 1.90 bits per heavy atom. The number of hydrogen-bond donors (Lipinski definition) is 1. The number of amidine groups is 1. The molecule has 1 aliphatic rings. The summed E-state index contributed by atoms with van der Waals surface area (Å²) in [6, 6.07) is 16.1. The topological polar surface area (TPSA) is 63.8 Å². The molecule has 1 amide bonds. The predicted molar refractivity (Wildman–Crippen MR) is 118 cm³/mol. The molecule has 0 saturated carbocycles. The number of amides is 1. The van der Waals surface area contributed by atoms with Gasteiger partial charge in [-0.15, -0.1) is 0 Å². The molecule has 1 fully saturated rings. The fraction of sp³-hybridized carbons (Fsp3) is 0.0476. The van der Waals surface area contributed by atoms with Crippen LogP contribution in [0.1, 0.15) is 5.76 Å². The first-order valence-corrected chi connectivity index (χ1v) is 10.1. The molecule has 29 heavy (non-hydrogen) atoms. The van der Waals surface area contributed by atoms with E-state index in [1.165, 1.54) is 11.8 Å². The highest BCUT2D eigenvalue weighted by Crippen LogP contribution is 2.35. The Kier molecular flexibility index (Phi) is 5.67. The number of halogens is 2. The number of thioether (sulfide) groups is 1. The largest absolute Gasteiger partial charge is 0.497 e. The Morgan fingerprint density at radius 1 is 1.10 bits per heavy atom. The summed E-state index contributed by atoms with van der Waals surface area (Å²) >= 11 is 13.6. The van der Waals surface area contributed by atoms with Crippen molar-refractivity contribution in [1.29, 1.82) is 0 Å². The highest BCUT2D eigenvalue weighted by atomic mass is 35.5.